The maximum Gasteiger partial charge on any atom is 0.306 e. The zero-order valence-electron chi connectivity index (χ0n) is 16.7. The number of Topliss-reactive ketones (excluding diaryl/α,β-unsaturated/α-hetero) is 1. The molecule has 0 aliphatic heterocycles. The van der Waals surface area contributed by atoms with Gasteiger partial charge in [-0.05, 0) is 35.4 Å². The number of carbonyl (C=O) groups is 2. The second kappa shape index (κ2) is 11.0. The summed E-state index contributed by atoms with van der Waals surface area (Å²) in [5.41, 5.74) is 1.38. The molecule has 2 aromatic carbocycles. The molecule has 0 radical (unpaired) electrons. The standard InChI is InChI=1S/C21H19NO3.C3H8/c1-2-25-20(23)14-19(16-10-12-22-13-11-16)21(24)18-9-5-7-15-6-3-4-8-17(15)18;1-3-2/h3-13,19H,2,14H2,1H3;3H2,1-2H3. The quantitative estimate of drug-likeness (QED) is 0.416. The lowest BCUT2D eigenvalue weighted by Gasteiger charge is -2.16. The highest BCUT2D eigenvalue weighted by atomic mass is 16.5. The number of rotatable bonds is 6. The first-order valence-electron chi connectivity index (χ1n) is 9.69. The normalized spacial score (nSPS) is 11.2. The molecule has 0 spiro atoms. The van der Waals surface area contributed by atoms with Crippen molar-refractivity contribution in [1.29, 1.82) is 0 Å². The number of aromatic nitrogens is 1. The van der Waals surface area contributed by atoms with Gasteiger partial charge in [0.15, 0.2) is 5.78 Å². The molecule has 0 saturated carbocycles. The molecule has 28 heavy (non-hydrogen) atoms. The predicted octanol–water partition coefficient (Wildman–Crippen LogP) is 5.57. The lowest BCUT2D eigenvalue weighted by atomic mass is 9.86. The van der Waals surface area contributed by atoms with Gasteiger partial charge >= 0.3 is 5.97 Å². The summed E-state index contributed by atoms with van der Waals surface area (Å²) in [6, 6.07) is 16.9. The molecule has 4 heteroatoms. The summed E-state index contributed by atoms with van der Waals surface area (Å²) in [5, 5.41) is 1.89. The Labute approximate surface area is 166 Å². The number of benzene rings is 2. The van der Waals surface area contributed by atoms with E-state index in [0.29, 0.717) is 12.2 Å². The first-order chi connectivity index (χ1) is 13.6. The van der Waals surface area contributed by atoms with Crippen molar-refractivity contribution >= 4 is 22.5 Å². The fourth-order valence-electron chi connectivity index (χ4n) is 2.97. The van der Waals surface area contributed by atoms with Crippen LogP contribution in [0.3, 0.4) is 0 Å². The van der Waals surface area contributed by atoms with Gasteiger partial charge in [0.05, 0.1) is 18.9 Å². The highest BCUT2D eigenvalue weighted by Gasteiger charge is 2.26. The molecule has 3 aromatic rings. The molecule has 0 aliphatic carbocycles. The minimum absolute atomic E-state index is 0.0138. The van der Waals surface area contributed by atoms with E-state index in [1.54, 1.807) is 31.5 Å². The molecule has 4 nitrogen and oxygen atoms in total. The number of esters is 1. The Morgan fingerprint density at radius 1 is 0.929 bits per heavy atom. The van der Waals surface area contributed by atoms with Gasteiger partial charge in [0.2, 0.25) is 0 Å². The zero-order valence-corrected chi connectivity index (χ0v) is 16.7. The number of carbonyl (C=O) groups excluding carboxylic acids is 2. The van der Waals surface area contributed by atoms with E-state index in [1.807, 2.05) is 42.5 Å². The SMILES string of the molecule is CCC.CCOC(=O)CC(C(=O)c1cccc2ccccc12)c1ccncc1. The van der Waals surface area contributed by atoms with Gasteiger partial charge < -0.3 is 4.74 Å². The van der Waals surface area contributed by atoms with Crippen LogP contribution in [0.4, 0.5) is 0 Å². The monoisotopic (exact) mass is 377 g/mol. The number of nitrogens with zero attached hydrogens (tertiary/aromatic N) is 1. The lowest BCUT2D eigenvalue weighted by molar-refractivity contribution is -0.143. The smallest absolute Gasteiger partial charge is 0.306 e. The number of fused-ring (bicyclic) bond motifs is 1. The van der Waals surface area contributed by atoms with E-state index >= 15 is 0 Å². The van der Waals surface area contributed by atoms with Gasteiger partial charge in [-0.1, -0.05) is 62.7 Å². The largest absolute Gasteiger partial charge is 0.466 e. The Bertz CT molecular complexity index is 901. The molecule has 1 aromatic heterocycles. The molecule has 0 fully saturated rings. The van der Waals surface area contributed by atoms with E-state index in [2.05, 4.69) is 18.8 Å². The fraction of sp³-hybridized carbons (Fsp3) is 0.292. The van der Waals surface area contributed by atoms with Crippen LogP contribution >= 0.6 is 0 Å². The van der Waals surface area contributed by atoms with Gasteiger partial charge in [0.25, 0.3) is 0 Å². The molecule has 0 amide bonds. The predicted molar refractivity (Wildman–Crippen MR) is 112 cm³/mol. The third-order valence-corrected chi connectivity index (χ3v) is 4.16. The van der Waals surface area contributed by atoms with Crippen LogP contribution in [0, 0.1) is 0 Å². The number of hydrogen-bond donors (Lipinski definition) is 0. The van der Waals surface area contributed by atoms with E-state index in [9.17, 15) is 9.59 Å². The molecule has 3 rings (SSSR count). The molecular weight excluding hydrogens is 350 g/mol. The van der Waals surface area contributed by atoms with Gasteiger partial charge in [0, 0.05) is 18.0 Å². The van der Waals surface area contributed by atoms with Crippen LogP contribution in [0.25, 0.3) is 10.8 Å². The van der Waals surface area contributed by atoms with Crippen LogP contribution in [0.5, 0.6) is 0 Å². The van der Waals surface area contributed by atoms with Gasteiger partial charge in [0.1, 0.15) is 0 Å². The summed E-state index contributed by atoms with van der Waals surface area (Å²) in [6.07, 6.45) is 4.52. The molecule has 0 bridgehead atoms. The van der Waals surface area contributed by atoms with Crippen molar-refractivity contribution in [2.24, 2.45) is 0 Å². The molecule has 1 unspecified atom stereocenters. The Balaban J connectivity index is 0.000000878. The summed E-state index contributed by atoms with van der Waals surface area (Å²) in [6.45, 7) is 6.30. The maximum atomic E-state index is 13.3. The molecule has 1 heterocycles. The Morgan fingerprint density at radius 2 is 1.57 bits per heavy atom. The van der Waals surface area contributed by atoms with Crippen LogP contribution in [-0.4, -0.2) is 23.3 Å². The summed E-state index contributed by atoms with van der Waals surface area (Å²) in [5.74, 6) is -1.05. The van der Waals surface area contributed by atoms with Crippen molar-refractivity contribution in [3.05, 3.63) is 78.1 Å². The average Bonchev–Trinajstić information content (AvgIpc) is 2.72. The van der Waals surface area contributed by atoms with Crippen molar-refractivity contribution in [1.82, 2.24) is 4.98 Å². The van der Waals surface area contributed by atoms with E-state index < -0.39 is 5.92 Å². The third kappa shape index (κ3) is 5.49. The molecule has 0 aliphatic rings. The molecular formula is C24H27NO3. The highest BCUT2D eigenvalue weighted by molar-refractivity contribution is 6.11. The number of pyridine rings is 1. The summed E-state index contributed by atoms with van der Waals surface area (Å²) in [7, 11) is 0. The lowest BCUT2D eigenvalue weighted by Crippen LogP contribution is -2.19. The molecule has 1 atom stereocenters. The van der Waals surface area contributed by atoms with Crippen molar-refractivity contribution in [2.75, 3.05) is 6.61 Å². The van der Waals surface area contributed by atoms with Crippen LogP contribution in [0.1, 0.15) is 55.5 Å². The van der Waals surface area contributed by atoms with Crippen LogP contribution in [-0.2, 0) is 9.53 Å². The first kappa shape index (κ1) is 21.3. The van der Waals surface area contributed by atoms with Gasteiger partial charge in [-0.15, -0.1) is 0 Å². The topological polar surface area (TPSA) is 56.3 Å². The summed E-state index contributed by atoms with van der Waals surface area (Å²) < 4.78 is 5.06. The number of ether oxygens (including phenoxy) is 1. The number of hydrogen-bond acceptors (Lipinski definition) is 4. The van der Waals surface area contributed by atoms with E-state index in [-0.39, 0.29) is 18.2 Å². The van der Waals surface area contributed by atoms with Gasteiger partial charge in [-0.2, -0.15) is 0 Å². The van der Waals surface area contributed by atoms with Crippen molar-refractivity contribution < 1.29 is 14.3 Å². The Morgan fingerprint density at radius 3 is 2.25 bits per heavy atom. The Hall–Kier alpha value is -3.01. The van der Waals surface area contributed by atoms with Gasteiger partial charge in [-0.3, -0.25) is 14.6 Å². The molecule has 0 N–H and O–H groups in total. The van der Waals surface area contributed by atoms with E-state index in [1.165, 1.54) is 6.42 Å². The second-order valence-electron chi connectivity index (χ2n) is 6.44. The van der Waals surface area contributed by atoms with E-state index in [0.717, 1.165) is 16.3 Å². The highest BCUT2D eigenvalue weighted by Crippen LogP contribution is 2.28. The third-order valence-electron chi connectivity index (χ3n) is 4.16. The van der Waals surface area contributed by atoms with Crippen LogP contribution < -0.4 is 0 Å². The van der Waals surface area contributed by atoms with Crippen LogP contribution in [0.15, 0.2) is 67.0 Å². The maximum absolute atomic E-state index is 13.3. The van der Waals surface area contributed by atoms with Crippen LogP contribution in [0.2, 0.25) is 0 Å². The van der Waals surface area contributed by atoms with Crippen molar-refractivity contribution in [2.45, 2.75) is 39.5 Å². The average molecular weight is 377 g/mol. The zero-order chi connectivity index (χ0) is 20.4. The van der Waals surface area contributed by atoms with Crippen molar-refractivity contribution in [3.63, 3.8) is 0 Å². The minimum atomic E-state index is -0.590. The molecule has 0 saturated heterocycles. The van der Waals surface area contributed by atoms with E-state index in [4.69, 9.17) is 4.74 Å². The second-order valence-corrected chi connectivity index (χ2v) is 6.44. The molecule has 146 valence electrons. The minimum Gasteiger partial charge on any atom is -0.466 e. The fourth-order valence-corrected chi connectivity index (χ4v) is 2.97. The van der Waals surface area contributed by atoms with Gasteiger partial charge in [-0.25, -0.2) is 0 Å². The number of ketones is 1. The summed E-state index contributed by atoms with van der Waals surface area (Å²) in [4.78, 5) is 29.3. The Kier molecular flexibility index (Phi) is 8.35. The van der Waals surface area contributed by atoms with Crippen molar-refractivity contribution in [3.8, 4) is 0 Å². The summed E-state index contributed by atoms with van der Waals surface area (Å²) >= 11 is 0. The first-order valence-corrected chi connectivity index (χ1v) is 9.69.